The van der Waals surface area contributed by atoms with Crippen LogP contribution in [0.15, 0.2) is 60.8 Å². The molecule has 3 aromatic rings. The number of nitrogens with one attached hydrogen (secondary N) is 1. The highest BCUT2D eigenvalue weighted by atomic mass is 35.5. The van der Waals surface area contributed by atoms with Crippen molar-refractivity contribution in [2.45, 2.75) is 26.4 Å². The summed E-state index contributed by atoms with van der Waals surface area (Å²) in [5, 5.41) is 3.51. The number of rotatable bonds is 7. The Morgan fingerprint density at radius 3 is 2.57 bits per heavy atom. The van der Waals surface area contributed by atoms with Crippen LogP contribution in [0.3, 0.4) is 0 Å². The fourth-order valence-electron chi connectivity index (χ4n) is 4.05. The van der Waals surface area contributed by atoms with Crippen LogP contribution in [0.4, 0.5) is 5.82 Å². The molecule has 1 aliphatic heterocycles. The Balaban J connectivity index is 1.34. The van der Waals surface area contributed by atoms with Crippen LogP contribution in [0, 0.1) is 12.8 Å². The number of hydrogen-bond acceptors (Lipinski definition) is 5. The van der Waals surface area contributed by atoms with Gasteiger partial charge in [-0.05, 0) is 61.7 Å². The van der Waals surface area contributed by atoms with E-state index in [9.17, 15) is 9.59 Å². The quantitative estimate of drug-likeness (QED) is 0.494. The molecule has 0 saturated carbocycles. The van der Waals surface area contributed by atoms with Gasteiger partial charge in [-0.1, -0.05) is 29.8 Å². The number of benzene rings is 2. The lowest BCUT2D eigenvalue weighted by Gasteiger charge is -2.31. The number of halogens is 1. The van der Waals surface area contributed by atoms with Gasteiger partial charge in [0, 0.05) is 41.4 Å². The maximum Gasteiger partial charge on any atom is 0.253 e. The molecule has 0 bridgehead atoms. The van der Waals surface area contributed by atoms with Crippen LogP contribution in [0.1, 0.15) is 34.3 Å². The molecule has 182 valence electrons. The van der Waals surface area contributed by atoms with E-state index >= 15 is 0 Å². The molecule has 0 spiro atoms. The van der Waals surface area contributed by atoms with E-state index in [1.165, 1.54) is 0 Å². The van der Waals surface area contributed by atoms with E-state index in [0.717, 1.165) is 11.1 Å². The molecule has 0 aliphatic carbocycles. The van der Waals surface area contributed by atoms with Crippen molar-refractivity contribution in [2.24, 2.45) is 5.92 Å². The molecule has 1 saturated heterocycles. The predicted octanol–water partition coefficient (Wildman–Crippen LogP) is 5.12. The summed E-state index contributed by atoms with van der Waals surface area (Å²) >= 11 is 6.20. The highest BCUT2D eigenvalue weighted by Gasteiger charge is 2.28. The van der Waals surface area contributed by atoms with Crippen molar-refractivity contribution in [3.8, 4) is 11.5 Å². The molecular formula is C27H28ClN3O4. The van der Waals surface area contributed by atoms with Gasteiger partial charge in [0.25, 0.3) is 5.91 Å². The number of anilines is 1. The highest BCUT2D eigenvalue weighted by Crippen LogP contribution is 2.31. The summed E-state index contributed by atoms with van der Waals surface area (Å²) in [4.78, 5) is 31.7. The van der Waals surface area contributed by atoms with Crippen LogP contribution < -0.4 is 14.8 Å². The van der Waals surface area contributed by atoms with Crippen LogP contribution >= 0.6 is 11.6 Å². The van der Waals surface area contributed by atoms with Crippen LogP contribution in [-0.2, 0) is 11.4 Å². The van der Waals surface area contributed by atoms with E-state index in [1.54, 1.807) is 36.4 Å². The molecule has 1 aromatic heterocycles. The van der Waals surface area contributed by atoms with Gasteiger partial charge in [-0.25, -0.2) is 4.98 Å². The number of likely N-dealkylation sites (tertiary alicyclic amines) is 1. The Labute approximate surface area is 210 Å². The highest BCUT2D eigenvalue weighted by molar-refractivity contribution is 6.31. The zero-order valence-corrected chi connectivity index (χ0v) is 20.5. The minimum atomic E-state index is -0.156. The van der Waals surface area contributed by atoms with Gasteiger partial charge < -0.3 is 19.7 Å². The number of aromatic nitrogens is 1. The fraction of sp³-hybridized carbons (Fsp3) is 0.296. The number of nitrogens with zero attached hydrogens (tertiary/aromatic N) is 2. The molecule has 8 heteroatoms. The Hall–Kier alpha value is -3.58. The van der Waals surface area contributed by atoms with Gasteiger partial charge in [-0.2, -0.15) is 0 Å². The lowest BCUT2D eigenvalue weighted by molar-refractivity contribution is -0.121. The number of pyridine rings is 1. The molecule has 4 rings (SSSR count). The first-order valence-corrected chi connectivity index (χ1v) is 11.9. The van der Waals surface area contributed by atoms with Crippen molar-refractivity contribution < 1.29 is 19.1 Å². The van der Waals surface area contributed by atoms with Gasteiger partial charge in [-0.3, -0.25) is 9.59 Å². The molecule has 1 N–H and O–H groups in total. The van der Waals surface area contributed by atoms with Crippen molar-refractivity contribution >= 4 is 29.2 Å². The third-order valence-corrected chi connectivity index (χ3v) is 6.44. The molecule has 35 heavy (non-hydrogen) atoms. The van der Waals surface area contributed by atoms with Crippen molar-refractivity contribution in [2.75, 3.05) is 25.5 Å². The summed E-state index contributed by atoms with van der Waals surface area (Å²) in [6, 6.07) is 16.3. The molecule has 0 radical (unpaired) electrons. The number of hydrogen-bond donors (Lipinski definition) is 1. The van der Waals surface area contributed by atoms with E-state index in [2.05, 4.69) is 10.3 Å². The molecule has 7 nitrogen and oxygen atoms in total. The van der Waals surface area contributed by atoms with E-state index in [0.29, 0.717) is 53.8 Å². The van der Waals surface area contributed by atoms with Gasteiger partial charge in [0.1, 0.15) is 12.4 Å². The minimum Gasteiger partial charge on any atom is -0.493 e. The summed E-state index contributed by atoms with van der Waals surface area (Å²) < 4.78 is 11.4. The van der Waals surface area contributed by atoms with Crippen molar-refractivity contribution in [3.05, 3.63) is 82.5 Å². The van der Waals surface area contributed by atoms with E-state index in [1.807, 2.05) is 43.3 Å². The number of piperidine rings is 1. The van der Waals surface area contributed by atoms with Crippen LogP contribution in [-0.4, -0.2) is 41.9 Å². The van der Waals surface area contributed by atoms with Gasteiger partial charge in [0.15, 0.2) is 11.5 Å². The number of methoxy groups -OCH3 is 1. The van der Waals surface area contributed by atoms with E-state index in [-0.39, 0.29) is 24.3 Å². The summed E-state index contributed by atoms with van der Waals surface area (Å²) in [7, 11) is 1.54. The minimum absolute atomic E-state index is 0.0584. The van der Waals surface area contributed by atoms with Crippen LogP contribution in [0.2, 0.25) is 5.02 Å². The first-order chi connectivity index (χ1) is 16.9. The molecule has 2 heterocycles. The van der Waals surface area contributed by atoms with Crippen molar-refractivity contribution in [3.63, 3.8) is 0 Å². The van der Waals surface area contributed by atoms with Gasteiger partial charge in [0.05, 0.1) is 7.11 Å². The van der Waals surface area contributed by atoms with E-state index < -0.39 is 0 Å². The zero-order chi connectivity index (χ0) is 24.8. The van der Waals surface area contributed by atoms with Crippen molar-refractivity contribution in [1.29, 1.82) is 0 Å². The number of ether oxygens (including phenoxy) is 2. The average Bonchev–Trinajstić information content (AvgIpc) is 2.88. The lowest BCUT2D eigenvalue weighted by atomic mass is 9.95. The normalized spacial score (nSPS) is 13.9. The summed E-state index contributed by atoms with van der Waals surface area (Å²) in [5.74, 6) is 1.25. The van der Waals surface area contributed by atoms with Crippen LogP contribution in [0.5, 0.6) is 11.5 Å². The molecule has 2 aromatic carbocycles. The second-order valence-electron chi connectivity index (χ2n) is 8.52. The average molecular weight is 494 g/mol. The molecule has 0 unspecified atom stereocenters. The SMILES string of the molecule is COc1cc(C(=O)N2CCC(C(=O)Nc3cc(C)ccn3)CC2)ccc1OCc1ccccc1Cl. The molecule has 0 atom stereocenters. The van der Waals surface area contributed by atoms with E-state index in [4.69, 9.17) is 21.1 Å². The van der Waals surface area contributed by atoms with Gasteiger partial charge in [-0.15, -0.1) is 0 Å². The second kappa shape index (κ2) is 11.2. The third-order valence-electron chi connectivity index (χ3n) is 6.07. The van der Waals surface area contributed by atoms with Crippen molar-refractivity contribution in [1.82, 2.24) is 9.88 Å². The Morgan fingerprint density at radius 2 is 1.86 bits per heavy atom. The Morgan fingerprint density at radius 1 is 1.09 bits per heavy atom. The Kier molecular flexibility index (Phi) is 7.87. The van der Waals surface area contributed by atoms with Gasteiger partial charge >= 0.3 is 0 Å². The second-order valence-corrected chi connectivity index (χ2v) is 8.93. The first-order valence-electron chi connectivity index (χ1n) is 11.5. The number of amides is 2. The van der Waals surface area contributed by atoms with Crippen LogP contribution in [0.25, 0.3) is 0 Å². The Bertz CT molecular complexity index is 1210. The molecule has 2 amide bonds. The summed E-state index contributed by atoms with van der Waals surface area (Å²) in [6.45, 7) is 3.25. The topological polar surface area (TPSA) is 80.8 Å². The summed E-state index contributed by atoms with van der Waals surface area (Å²) in [6.07, 6.45) is 2.87. The monoisotopic (exact) mass is 493 g/mol. The zero-order valence-electron chi connectivity index (χ0n) is 19.8. The lowest BCUT2D eigenvalue weighted by Crippen LogP contribution is -2.41. The van der Waals surface area contributed by atoms with Gasteiger partial charge in [0.2, 0.25) is 5.91 Å². The number of carbonyl (C=O) groups is 2. The largest absolute Gasteiger partial charge is 0.493 e. The first kappa shape index (κ1) is 24.5. The number of aryl methyl sites for hydroxylation is 1. The summed E-state index contributed by atoms with van der Waals surface area (Å²) in [5.41, 5.74) is 2.41. The fourth-order valence-corrected chi connectivity index (χ4v) is 4.24. The maximum absolute atomic E-state index is 13.1. The third kappa shape index (κ3) is 6.11. The maximum atomic E-state index is 13.1. The number of carbonyl (C=O) groups excluding carboxylic acids is 2. The smallest absolute Gasteiger partial charge is 0.253 e. The molecule has 1 aliphatic rings. The predicted molar refractivity (Wildman–Crippen MR) is 135 cm³/mol. The molecule has 1 fully saturated rings. The molecular weight excluding hydrogens is 466 g/mol. The standard InChI is InChI=1S/C27H28ClN3O4/c1-18-9-12-29-25(15-18)30-26(32)19-10-13-31(14-11-19)27(33)20-7-8-23(24(16-20)34-2)35-17-21-5-3-4-6-22(21)28/h3-9,12,15-16,19H,10-11,13-14,17H2,1-2H3,(H,29,30,32).